The van der Waals surface area contributed by atoms with Gasteiger partial charge in [0, 0.05) is 11.6 Å². The SMILES string of the molecule is Cc1ccc(CC(CO)C(C)C)c(Cl)c1. The molecule has 0 saturated heterocycles. The molecule has 0 fully saturated rings. The molecule has 84 valence electrons. The second kappa shape index (κ2) is 5.53. The molecule has 2 heteroatoms. The van der Waals surface area contributed by atoms with Gasteiger partial charge in [-0.15, -0.1) is 0 Å². The molecule has 0 saturated carbocycles. The molecule has 0 aliphatic carbocycles. The second-order valence-electron chi connectivity index (χ2n) is 4.49. The van der Waals surface area contributed by atoms with Crippen LogP contribution in [0.2, 0.25) is 5.02 Å². The van der Waals surface area contributed by atoms with Crippen molar-refractivity contribution < 1.29 is 5.11 Å². The van der Waals surface area contributed by atoms with E-state index in [0.717, 1.165) is 17.0 Å². The molecule has 0 aliphatic rings. The lowest BCUT2D eigenvalue weighted by atomic mass is 9.90. The number of hydrogen-bond donors (Lipinski definition) is 1. The van der Waals surface area contributed by atoms with Crippen molar-refractivity contribution in [2.45, 2.75) is 27.2 Å². The first-order valence-electron chi connectivity index (χ1n) is 5.40. The van der Waals surface area contributed by atoms with Crippen molar-refractivity contribution in [2.75, 3.05) is 6.61 Å². The van der Waals surface area contributed by atoms with Crippen LogP contribution in [0.15, 0.2) is 18.2 Å². The predicted molar refractivity (Wildman–Crippen MR) is 65.3 cm³/mol. The van der Waals surface area contributed by atoms with E-state index in [1.165, 1.54) is 5.56 Å². The zero-order chi connectivity index (χ0) is 11.4. The Balaban J connectivity index is 2.79. The van der Waals surface area contributed by atoms with Gasteiger partial charge in [0.1, 0.15) is 0 Å². The molecule has 0 aliphatic heterocycles. The van der Waals surface area contributed by atoms with E-state index in [4.69, 9.17) is 11.6 Å². The number of rotatable bonds is 4. The Hall–Kier alpha value is -0.530. The zero-order valence-electron chi connectivity index (χ0n) is 9.63. The third-order valence-corrected chi connectivity index (χ3v) is 3.22. The molecule has 1 N–H and O–H groups in total. The highest BCUT2D eigenvalue weighted by Crippen LogP contribution is 2.23. The van der Waals surface area contributed by atoms with Crippen molar-refractivity contribution in [1.82, 2.24) is 0 Å². The average molecular weight is 227 g/mol. The van der Waals surface area contributed by atoms with Gasteiger partial charge < -0.3 is 5.11 Å². The van der Waals surface area contributed by atoms with Gasteiger partial charge in [0.2, 0.25) is 0 Å². The zero-order valence-corrected chi connectivity index (χ0v) is 10.4. The molecule has 1 rings (SSSR count). The fourth-order valence-electron chi connectivity index (χ4n) is 1.61. The third-order valence-electron chi connectivity index (χ3n) is 2.87. The Morgan fingerprint density at radius 1 is 1.33 bits per heavy atom. The van der Waals surface area contributed by atoms with Crippen LogP contribution in [-0.4, -0.2) is 11.7 Å². The van der Waals surface area contributed by atoms with Gasteiger partial charge in [-0.05, 0) is 42.4 Å². The molecule has 0 heterocycles. The Morgan fingerprint density at radius 3 is 2.47 bits per heavy atom. The predicted octanol–water partition coefficient (Wildman–Crippen LogP) is 3.46. The number of aryl methyl sites for hydroxylation is 1. The van der Waals surface area contributed by atoms with Crippen molar-refractivity contribution >= 4 is 11.6 Å². The van der Waals surface area contributed by atoms with Crippen molar-refractivity contribution in [3.05, 3.63) is 34.3 Å². The monoisotopic (exact) mass is 226 g/mol. The third kappa shape index (κ3) is 3.51. The highest BCUT2D eigenvalue weighted by Gasteiger charge is 2.14. The van der Waals surface area contributed by atoms with Crippen LogP contribution in [0.3, 0.4) is 0 Å². The molecular formula is C13H19ClO. The van der Waals surface area contributed by atoms with Crippen LogP contribution >= 0.6 is 11.6 Å². The lowest BCUT2D eigenvalue weighted by Gasteiger charge is -2.18. The summed E-state index contributed by atoms with van der Waals surface area (Å²) in [6.07, 6.45) is 0.854. The summed E-state index contributed by atoms with van der Waals surface area (Å²) in [6, 6.07) is 6.10. The van der Waals surface area contributed by atoms with Gasteiger partial charge >= 0.3 is 0 Å². The minimum absolute atomic E-state index is 0.224. The fraction of sp³-hybridized carbons (Fsp3) is 0.538. The maximum atomic E-state index is 9.26. The van der Waals surface area contributed by atoms with E-state index in [0.29, 0.717) is 11.8 Å². The average Bonchev–Trinajstić information content (AvgIpc) is 2.16. The van der Waals surface area contributed by atoms with Crippen LogP contribution in [-0.2, 0) is 6.42 Å². The van der Waals surface area contributed by atoms with Gasteiger partial charge in [0.05, 0.1) is 0 Å². The van der Waals surface area contributed by atoms with Gasteiger partial charge in [0.25, 0.3) is 0 Å². The first-order valence-corrected chi connectivity index (χ1v) is 5.78. The molecule has 0 aromatic heterocycles. The number of halogens is 1. The Labute approximate surface area is 97.1 Å². The highest BCUT2D eigenvalue weighted by molar-refractivity contribution is 6.31. The molecule has 1 atom stereocenters. The lowest BCUT2D eigenvalue weighted by molar-refractivity contribution is 0.189. The Kier molecular flexibility index (Phi) is 4.62. The summed E-state index contributed by atoms with van der Waals surface area (Å²) in [5.41, 5.74) is 2.31. The smallest absolute Gasteiger partial charge is 0.0464 e. The lowest BCUT2D eigenvalue weighted by Crippen LogP contribution is -2.16. The Bertz CT molecular complexity index is 320. The number of aliphatic hydroxyl groups excluding tert-OH is 1. The molecule has 1 unspecified atom stereocenters. The van der Waals surface area contributed by atoms with Crippen molar-refractivity contribution in [3.8, 4) is 0 Å². The minimum Gasteiger partial charge on any atom is -0.396 e. The number of hydrogen-bond acceptors (Lipinski definition) is 1. The van der Waals surface area contributed by atoms with E-state index < -0.39 is 0 Å². The normalized spacial score (nSPS) is 13.2. The Morgan fingerprint density at radius 2 is 2.00 bits per heavy atom. The topological polar surface area (TPSA) is 20.2 Å². The molecule has 1 aromatic carbocycles. The molecule has 0 spiro atoms. The van der Waals surface area contributed by atoms with Crippen LogP contribution < -0.4 is 0 Å². The summed E-state index contributed by atoms with van der Waals surface area (Å²) in [7, 11) is 0. The van der Waals surface area contributed by atoms with Crippen molar-refractivity contribution in [1.29, 1.82) is 0 Å². The molecular weight excluding hydrogens is 208 g/mol. The second-order valence-corrected chi connectivity index (χ2v) is 4.89. The van der Waals surface area contributed by atoms with E-state index in [2.05, 4.69) is 26.0 Å². The van der Waals surface area contributed by atoms with E-state index >= 15 is 0 Å². The van der Waals surface area contributed by atoms with Crippen LogP contribution in [0.4, 0.5) is 0 Å². The van der Waals surface area contributed by atoms with Crippen LogP contribution in [0.5, 0.6) is 0 Å². The first kappa shape index (κ1) is 12.5. The molecule has 0 radical (unpaired) electrons. The molecule has 0 bridgehead atoms. The molecule has 1 aromatic rings. The maximum absolute atomic E-state index is 9.26. The molecule has 1 nitrogen and oxygen atoms in total. The fourth-order valence-corrected chi connectivity index (χ4v) is 1.92. The summed E-state index contributed by atoms with van der Waals surface area (Å²) >= 11 is 6.15. The van der Waals surface area contributed by atoms with E-state index in [-0.39, 0.29) is 6.61 Å². The van der Waals surface area contributed by atoms with Gasteiger partial charge in [-0.3, -0.25) is 0 Å². The number of benzene rings is 1. The summed E-state index contributed by atoms with van der Waals surface area (Å²) in [5.74, 6) is 0.776. The van der Waals surface area contributed by atoms with Crippen molar-refractivity contribution in [2.24, 2.45) is 11.8 Å². The van der Waals surface area contributed by atoms with Crippen LogP contribution in [0.25, 0.3) is 0 Å². The van der Waals surface area contributed by atoms with E-state index in [9.17, 15) is 5.11 Å². The van der Waals surface area contributed by atoms with Gasteiger partial charge in [-0.25, -0.2) is 0 Å². The standard InChI is InChI=1S/C13H19ClO/c1-9(2)12(8-15)7-11-5-4-10(3)6-13(11)14/h4-6,9,12,15H,7-8H2,1-3H3. The minimum atomic E-state index is 0.224. The van der Waals surface area contributed by atoms with Gasteiger partial charge in [-0.1, -0.05) is 37.6 Å². The van der Waals surface area contributed by atoms with E-state index in [1.54, 1.807) is 0 Å². The van der Waals surface area contributed by atoms with Gasteiger partial charge in [-0.2, -0.15) is 0 Å². The summed E-state index contributed by atoms with van der Waals surface area (Å²) in [6.45, 7) is 6.51. The summed E-state index contributed by atoms with van der Waals surface area (Å²) in [5, 5.41) is 10.1. The van der Waals surface area contributed by atoms with Crippen molar-refractivity contribution in [3.63, 3.8) is 0 Å². The maximum Gasteiger partial charge on any atom is 0.0464 e. The molecule has 15 heavy (non-hydrogen) atoms. The number of aliphatic hydroxyl groups is 1. The quantitative estimate of drug-likeness (QED) is 0.834. The first-order chi connectivity index (χ1) is 7.04. The van der Waals surface area contributed by atoms with Gasteiger partial charge in [0.15, 0.2) is 0 Å². The highest BCUT2D eigenvalue weighted by atomic mass is 35.5. The van der Waals surface area contributed by atoms with E-state index in [1.807, 2.05) is 13.0 Å². The largest absolute Gasteiger partial charge is 0.396 e. The van der Waals surface area contributed by atoms with Crippen LogP contribution in [0, 0.1) is 18.8 Å². The summed E-state index contributed by atoms with van der Waals surface area (Å²) in [4.78, 5) is 0. The van der Waals surface area contributed by atoms with Crippen LogP contribution in [0.1, 0.15) is 25.0 Å². The summed E-state index contributed by atoms with van der Waals surface area (Å²) < 4.78 is 0. The molecule has 0 amide bonds.